The SMILES string of the molecule is Cc1cc(C)c(OCC(O)C[C@@H](O)CC(=O)O)c(C(c2ccc(F)cc2)c2cccc(C(F)(F)F)c2)c1. The zero-order valence-electron chi connectivity index (χ0n) is 20.3. The molecule has 0 heterocycles. The Morgan fingerprint density at radius 1 is 0.946 bits per heavy atom. The fourth-order valence-electron chi connectivity index (χ4n) is 4.35. The number of carboxylic acid groups (broad SMARTS) is 1. The summed E-state index contributed by atoms with van der Waals surface area (Å²) in [5.41, 5.74) is 2.01. The first-order chi connectivity index (χ1) is 17.3. The molecule has 37 heavy (non-hydrogen) atoms. The minimum absolute atomic E-state index is 0.235. The summed E-state index contributed by atoms with van der Waals surface area (Å²) in [5.74, 6) is -2.14. The van der Waals surface area contributed by atoms with Crippen molar-refractivity contribution in [1.29, 1.82) is 0 Å². The Labute approximate surface area is 212 Å². The average Bonchev–Trinajstić information content (AvgIpc) is 2.79. The maximum absolute atomic E-state index is 13.7. The lowest BCUT2D eigenvalue weighted by atomic mass is 9.82. The second kappa shape index (κ2) is 11.7. The van der Waals surface area contributed by atoms with E-state index in [2.05, 4.69) is 0 Å². The summed E-state index contributed by atoms with van der Waals surface area (Å²) in [5, 5.41) is 28.9. The van der Waals surface area contributed by atoms with Gasteiger partial charge in [0.1, 0.15) is 18.2 Å². The number of rotatable bonds is 10. The summed E-state index contributed by atoms with van der Waals surface area (Å²) < 4.78 is 60.2. The number of hydrogen-bond donors (Lipinski definition) is 3. The number of carboxylic acids is 1. The Morgan fingerprint density at radius 2 is 1.62 bits per heavy atom. The van der Waals surface area contributed by atoms with Crippen molar-refractivity contribution in [2.45, 2.75) is 51.0 Å². The van der Waals surface area contributed by atoms with Crippen molar-refractivity contribution in [2.24, 2.45) is 0 Å². The molecule has 3 atom stereocenters. The molecule has 0 aliphatic carbocycles. The number of benzene rings is 3. The second-order valence-corrected chi connectivity index (χ2v) is 9.06. The predicted molar refractivity (Wildman–Crippen MR) is 129 cm³/mol. The van der Waals surface area contributed by atoms with Crippen molar-refractivity contribution in [2.75, 3.05) is 6.61 Å². The molecule has 0 aromatic heterocycles. The fraction of sp³-hybridized carbons (Fsp3) is 0.321. The van der Waals surface area contributed by atoms with Gasteiger partial charge in [0.2, 0.25) is 0 Å². The molecule has 2 unspecified atom stereocenters. The van der Waals surface area contributed by atoms with Crippen molar-refractivity contribution < 1.29 is 42.4 Å². The highest BCUT2D eigenvalue weighted by Gasteiger charge is 2.32. The number of carbonyl (C=O) groups is 1. The maximum Gasteiger partial charge on any atom is 0.416 e. The van der Waals surface area contributed by atoms with Gasteiger partial charge in [-0.05, 0) is 48.7 Å². The van der Waals surface area contributed by atoms with Crippen LogP contribution < -0.4 is 4.74 Å². The zero-order valence-corrected chi connectivity index (χ0v) is 20.3. The van der Waals surface area contributed by atoms with E-state index in [0.717, 1.165) is 17.7 Å². The number of halogens is 4. The number of aryl methyl sites for hydroxylation is 2. The van der Waals surface area contributed by atoms with E-state index in [1.807, 2.05) is 13.0 Å². The molecule has 0 radical (unpaired) electrons. The fourth-order valence-corrected chi connectivity index (χ4v) is 4.35. The third kappa shape index (κ3) is 7.53. The summed E-state index contributed by atoms with van der Waals surface area (Å²) in [6.07, 6.45) is -7.80. The number of alkyl halides is 3. The Bertz CT molecular complexity index is 1220. The lowest BCUT2D eigenvalue weighted by Gasteiger charge is -2.25. The first kappa shape index (κ1) is 28.1. The van der Waals surface area contributed by atoms with Crippen molar-refractivity contribution in [3.05, 3.63) is 99.9 Å². The highest BCUT2D eigenvalue weighted by atomic mass is 19.4. The highest BCUT2D eigenvalue weighted by Crippen LogP contribution is 2.41. The topological polar surface area (TPSA) is 87.0 Å². The molecule has 0 aliphatic heterocycles. The highest BCUT2D eigenvalue weighted by molar-refractivity contribution is 5.67. The van der Waals surface area contributed by atoms with Crippen molar-refractivity contribution in [3.8, 4) is 5.75 Å². The van der Waals surface area contributed by atoms with Crippen molar-refractivity contribution in [1.82, 2.24) is 0 Å². The zero-order chi connectivity index (χ0) is 27.3. The molecular weight excluding hydrogens is 492 g/mol. The minimum atomic E-state index is -4.56. The summed E-state index contributed by atoms with van der Waals surface area (Å²) >= 11 is 0. The molecule has 0 aliphatic rings. The molecule has 3 aromatic carbocycles. The normalized spacial score (nSPS) is 14.2. The van der Waals surface area contributed by atoms with Crippen LogP contribution in [-0.4, -0.2) is 40.1 Å². The van der Waals surface area contributed by atoms with Gasteiger partial charge >= 0.3 is 12.1 Å². The molecule has 3 rings (SSSR count). The molecule has 0 bridgehead atoms. The largest absolute Gasteiger partial charge is 0.490 e. The van der Waals surface area contributed by atoms with Gasteiger partial charge in [-0.15, -0.1) is 0 Å². The molecule has 198 valence electrons. The summed E-state index contributed by atoms with van der Waals surface area (Å²) in [6.45, 7) is 3.29. The monoisotopic (exact) mass is 520 g/mol. The smallest absolute Gasteiger partial charge is 0.416 e. The maximum atomic E-state index is 13.7. The quantitative estimate of drug-likeness (QED) is 0.239. The van der Waals surface area contributed by atoms with E-state index in [-0.39, 0.29) is 13.0 Å². The summed E-state index contributed by atoms with van der Waals surface area (Å²) in [4.78, 5) is 10.8. The third-order valence-electron chi connectivity index (χ3n) is 5.88. The van der Waals surface area contributed by atoms with E-state index in [1.165, 1.54) is 30.3 Å². The Morgan fingerprint density at radius 3 is 2.24 bits per heavy atom. The Kier molecular flexibility index (Phi) is 8.94. The van der Waals surface area contributed by atoms with Crippen LogP contribution in [0.4, 0.5) is 17.6 Å². The Balaban J connectivity index is 2.06. The van der Waals surface area contributed by atoms with E-state index in [0.29, 0.717) is 28.0 Å². The lowest BCUT2D eigenvalue weighted by molar-refractivity contribution is -0.140. The molecule has 9 heteroatoms. The van der Waals surface area contributed by atoms with Gasteiger partial charge in [0.25, 0.3) is 0 Å². The third-order valence-corrected chi connectivity index (χ3v) is 5.88. The molecule has 0 saturated heterocycles. The molecule has 0 spiro atoms. The number of ether oxygens (including phenoxy) is 1. The van der Waals surface area contributed by atoms with Gasteiger partial charge in [-0.3, -0.25) is 4.79 Å². The van der Waals surface area contributed by atoms with Crippen molar-refractivity contribution in [3.63, 3.8) is 0 Å². The van der Waals surface area contributed by atoms with Crippen LogP contribution in [0, 0.1) is 19.7 Å². The van der Waals surface area contributed by atoms with Crippen LogP contribution in [0.3, 0.4) is 0 Å². The van der Waals surface area contributed by atoms with Gasteiger partial charge in [0.15, 0.2) is 0 Å². The first-order valence-corrected chi connectivity index (χ1v) is 11.6. The van der Waals surface area contributed by atoms with Crippen LogP contribution in [0.5, 0.6) is 5.75 Å². The average molecular weight is 521 g/mol. The van der Waals surface area contributed by atoms with Gasteiger partial charge in [-0.2, -0.15) is 13.2 Å². The molecule has 0 saturated carbocycles. The second-order valence-electron chi connectivity index (χ2n) is 9.06. The van der Waals surface area contributed by atoms with Crippen LogP contribution in [0.15, 0.2) is 60.7 Å². The van der Waals surface area contributed by atoms with Gasteiger partial charge in [-0.1, -0.05) is 48.0 Å². The number of aliphatic hydroxyl groups excluding tert-OH is 2. The molecule has 3 aromatic rings. The number of hydrogen-bond acceptors (Lipinski definition) is 4. The summed E-state index contributed by atoms with van der Waals surface area (Å²) in [6, 6.07) is 13.9. The van der Waals surface area contributed by atoms with Gasteiger partial charge in [-0.25, -0.2) is 4.39 Å². The predicted octanol–water partition coefficient (Wildman–Crippen LogP) is 5.61. The van der Waals surface area contributed by atoms with Gasteiger partial charge < -0.3 is 20.1 Å². The molecule has 3 N–H and O–H groups in total. The van der Waals surface area contributed by atoms with Crippen LogP contribution in [0.1, 0.15) is 52.1 Å². The molecular formula is C28H28F4O5. The standard InChI is InChI=1S/C28H28F4O5/c1-16-10-17(2)27(37-15-23(34)13-22(33)14-25(35)36)24(11-16)26(18-6-8-21(29)9-7-18)19-4-3-5-20(12-19)28(30,31)32/h3-12,22-23,26,33-34H,13-15H2,1-2H3,(H,35,36)/t22-,23?,26?/m1/s1. The molecule has 0 fully saturated rings. The lowest BCUT2D eigenvalue weighted by Crippen LogP contribution is -2.26. The number of aliphatic hydroxyl groups is 2. The van der Waals surface area contributed by atoms with E-state index in [4.69, 9.17) is 9.84 Å². The molecule has 5 nitrogen and oxygen atoms in total. The first-order valence-electron chi connectivity index (χ1n) is 11.6. The van der Waals surface area contributed by atoms with E-state index in [1.54, 1.807) is 19.1 Å². The van der Waals surface area contributed by atoms with Gasteiger partial charge in [0.05, 0.1) is 24.2 Å². The van der Waals surface area contributed by atoms with Crippen LogP contribution >= 0.6 is 0 Å². The Hall–Kier alpha value is -3.43. The van der Waals surface area contributed by atoms with Gasteiger partial charge in [0, 0.05) is 17.9 Å². The molecule has 0 amide bonds. The van der Waals surface area contributed by atoms with Crippen LogP contribution in [0.25, 0.3) is 0 Å². The minimum Gasteiger partial charge on any atom is -0.490 e. The number of aliphatic carboxylic acids is 1. The van der Waals surface area contributed by atoms with Crippen LogP contribution in [0.2, 0.25) is 0 Å². The summed E-state index contributed by atoms with van der Waals surface area (Å²) in [7, 11) is 0. The van der Waals surface area contributed by atoms with Crippen LogP contribution in [-0.2, 0) is 11.0 Å². The van der Waals surface area contributed by atoms with E-state index in [9.17, 15) is 32.6 Å². The van der Waals surface area contributed by atoms with E-state index < -0.39 is 48.1 Å². The van der Waals surface area contributed by atoms with Crippen molar-refractivity contribution >= 4 is 5.97 Å². The van der Waals surface area contributed by atoms with E-state index >= 15 is 0 Å².